The lowest BCUT2D eigenvalue weighted by Crippen LogP contribution is -1.95. The van der Waals surface area contributed by atoms with Crippen LogP contribution in [0.5, 0.6) is 5.75 Å². The fourth-order valence-corrected chi connectivity index (χ4v) is 2.63. The number of ether oxygens (including phenoxy) is 1. The van der Waals surface area contributed by atoms with Gasteiger partial charge in [-0.3, -0.25) is 0 Å². The number of rotatable bonds is 4. The molecule has 0 unspecified atom stereocenters. The number of benzene rings is 3. The molecule has 0 spiro atoms. The third-order valence-corrected chi connectivity index (χ3v) is 3.76. The zero-order chi connectivity index (χ0) is 16.1. The normalized spacial score (nSPS) is 10.1. The molecule has 23 heavy (non-hydrogen) atoms. The van der Waals surface area contributed by atoms with E-state index in [0.29, 0.717) is 12.2 Å². The predicted octanol–water partition coefficient (Wildman–Crippen LogP) is 5.11. The first-order valence-electron chi connectivity index (χ1n) is 7.55. The third kappa shape index (κ3) is 3.41. The monoisotopic (exact) mass is 299 g/mol. The Hall–Kier alpha value is -3.05. The summed E-state index contributed by atoms with van der Waals surface area (Å²) in [7, 11) is 0. The van der Waals surface area contributed by atoms with Crippen LogP contribution in [0, 0.1) is 18.3 Å². The Morgan fingerprint density at radius 2 is 1.70 bits per heavy atom. The molecule has 3 aromatic carbocycles. The Morgan fingerprint density at radius 3 is 2.48 bits per heavy atom. The van der Waals surface area contributed by atoms with Crippen LogP contribution < -0.4 is 4.74 Å². The van der Waals surface area contributed by atoms with Crippen molar-refractivity contribution in [2.75, 3.05) is 0 Å². The molecule has 0 atom stereocenters. The summed E-state index contributed by atoms with van der Waals surface area (Å²) in [6, 6.07) is 26.0. The Labute approximate surface area is 136 Å². The molecule has 0 amide bonds. The number of nitriles is 1. The smallest absolute Gasteiger partial charge is 0.120 e. The second-order valence-corrected chi connectivity index (χ2v) is 5.41. The molecule has 0 saturated heterocycles. The van der Waals surface area contributed by atoms with E-state index in [-0.39, 0.29) is 0 Å². The van der Waals surface area contributed by atoms with Gasteiger partial charge in [0.25, 0.3) is 0 Å². The number of aryl methyl sites for hydroxylation is 1. The van der Waals surface area contributed by atoms with E-state index in [9.17, 15) is 5.26 Å². The molecule has 0 radical (unpaired) electrons. The van der Waals surface area contributed by atoms with Crippen molar-refractivity contribution < 1.29 is 4.74 Å². The maximum absolute atomic E-state index is 9.34. The molecule has 0 aliphatic heterocycles. The van der Waals surface area contributed by atoms with E-state index in [2.05, 4.69) is 6.07 Å². The zero-order valence-corrected chi connectivity index (χ0v) is 13.0. The van der Waals surface area contributed by atoms with Crippen LogP contribution in [-0.2, 0) is 6.61 Å². The minimum absolute atomic E-state index is 0.531. The molecule has 3 aromatic rings. The average molecular weight is 299 g/mol. The van der Waals surface area contributed by atoms with Crippen LogP contribution in [0.4, 0.5) is 0 Å². The van der Waals surface area contributed by atoms with Crippen molar-refractivity contribution in [3.63, 3.8) is 0 Å². The molecule has 0 aliphatic rings. The summed E-state index contributed by atoms with van der Waals surface area (Å²) >= 11 is 0. The van der Waals surface area contributed by atoms with E-state index < -0.39 is 0 Å². The van der Waals surface area contributed by atoms with Gasteiger partial charge in [-0.1, -0.05) is 54.6 Å². The van der Waals surface area contributed by atoms with Gasteiger partial charge in [0.05, 0.1) is 11.6 Å². The van der Waals surface area contributed by atoms with Crippen LogP contribution in [0.25, 0.3) is 11.1 Å². The predicted molar refractivity (Wildman–Crippen MR) is 92.1 cm³/mol. The SMILES string of the molecule is Cc1cccc(C#N)c1-c1cccc(OCc2ccccc2)c1. The summed E-state index contributed by atoms with van der Waals surface area (Å²) in [6.45, 7) is 2.55. The van der Waals surface area contributed by atoms with E-state index >= 15 is 0 Å². The molecule has 0 saturated carbocycles. The molecule has 0 bridgehead atoms. The van der Waals surface area contributed by atoms with Gasteiger partial charge in [0.15, 0.2) is 0 Å². The van der Waals surface area contributed by atoms with Gasteiger partial charge in [0.2, 0.25) is 0 Å². The molecule has 0 fully saturated rings. The summed E-state index contributed by atoms with van der Waals surface area (Å²) in [5.74, 6) is 0.804. The van der Waals surface area contributed by atoms with Crippen LogP contribution in [0.2, 0.25) is 0 Å². The molecule has 2 heteroatoms. The highest BCUT2D eigenvalue weighted by atomic mass is 16.5. The summed E-state index contributed by atoms with van der Waals surface area (Å²) < 4.78 is 5.88. The first-order chi connectivity index (χ1) is 11.3. The van der Waals surface area contributed by atoms with Crippen LogP contribution in [0.1, 0.15) is 16.7 Å². The summed E-state index contributed by atoms with van der Waals surface area (Å²) in [6.07, 6.45) is 0. The number of nitrogens with zero attached hydrogens (tertiary/aromatic N) is 1. The van der Waals surface area contributed by atoms with Crippen molar-refractivity contribution in [3.8, 4) is 22.9 Å². The van der Waals surface area contributed by atoms with Gasteiger partial charge in [-0.2, -0.15) is 5.26 Å². The fraction of sp³-hybridized carbons (Fsp3) is 0.0952. The second-order valence-electron chi connectivity index (χ2n) is 5.41. The molecule has 112 valence electrons. The Morgan fingerprint density at radius 1 is 0.913 bits per heavy atom. The summed E-state index contributed by atoms with van der Waals surface area (Å²) in [4.78, 5) is 0. The standard InChI is InChI=1S/C21H17NO/c1-16-7-5-11-19(14-22)21(16)18-10-6-12-20(13-18)23-15-17-8-3-2-4-9-17/h2-13H,15H2,1H3. The topological polar surface area (TPSA) is 33.0 Å². The third-order valence-electron chi connectivity index (χ3n) is 3.76. The first-order valence-corrected chi connectivity index (χ1v) is 7.55. The van der Waals surface area contributed by atoms with Gasteiger partial charge in [0.1, 0.15) is 12.4 Å². The van der Waals surface area contributed by atoms with E-state index in [0.717, 1.165) is 28.0 Å². The molecule has 0 aromatic heterocycles. The summed E-state index contributed by atoms with van der Waals surface area (Å²) in [5, 5.41) is 9.34. The lowest BCUT2D eigenvalue weighted by Gasteiger charge is -2.11. The van der Waals surface area contributed by atoms with Gasteiger partial charge in [-0.05, 0) is 41.8 Å². The van der Waals surface area contributed by atoms with Gasteiger partial charge in [-0.25, -0.2) is 0 Å². The van der Waals surface area contributed by atoms with Crippen molar-refractivity contribution in [1.29, 1.82) is 5.26 Å². The van der Waals surface area contributed by atoms with E-state index in [4.69, 9.17) is 4.74 Å². The number of hydrogen-bond acceptors (Lipinski definition) is 2. The Bertz CT molecular complexity index is 847. The lowest BCUT2D eigenvalue weighted by molar-refractivity contribution is 0.306. The molecular formula is C21H17NO. The fourth-order valence-electron chi connectivity index (χ4n) is 2.63. The minimum atomic E-state index is 0.531. The van der Waals surface area contributed by atoms with Crippen LogP contribution >= 0.6 is 0 Å². The van der Waals surface area contributed by atoms with Crippen molar-refractivity contribution in [2.24, 2.45) is 0 Å². The van der Waals surface area contributed by atoms with Gasteiger partial charge in [-0.15, -0.1) is 0 Å². The minimum Gasteiger partial charge on any atom is -0.489 e. The number of hydrogen-bond donors (Lipinski definition) is 0. The van der Waals surface area contributed by atoms with Crippen LogP contribution in [-0.4, -0.2) is 0 Å². The Kier molecular flexibility index (Phi) is 4.40. The molecule has 2 nitrogen and oxygen atoms in total. The molecular weight excluding hydrogens is 282 g/mol. The zero-order valence-electron chi connectivity index (χ0n) is 13.0. The van der Waals surface area contributed by atoms with Crippen molar-refractivity contribution in [1.82, 2.24) is 0 Å². The quantitative estimate of drug-likeness (QED) is 0.670. The molecule has 0 aliphatic carbocycles. The highest BCUT2D eigenvalue weighted by Crippen LogP contribution is 2.30. The van der Waals surface area contributed by atoms with Gasteiger partial charge in [0, 0.05) is 5.56 Å². The van der Waals surface area contributed by atoms with Crippen LogP contribution in [0.3, 0.4) is 0 Å². The van der Waals surface area contributed by atoms with E-state index in [1.54, 1.807) is 0 Å². The van der Waals surface area contributed by atoms with E-state index in [1.807, 2.05) is 79.7 Å². The lowest BCUT2D eigenvalue weighted by atomic mass is 9.95. The maximum atomic E-state index is 9.34. The van der Waals surface area contributed by atoms with Gasteiger partial charge < -0.3 is 4.74 Å². The van der Waals surface area contributed by atoms with Crippen molar-refractivity contribution in [2.45, 2.75) is 13.5 Å². The molecule has 3 rings (SSSR count). The molecule has 0 N–H and O–H groups in total. The highest BCUT2D eigenvalue weighted by molar-refractivity contribution is 5.74. The largest absolute Gasteiger partial charge is 0.489 e. The van der Waals surface area contributed by atoms with Crippen LogP contribution in [0.15, 0.2) is 72.8 Å². The van der Waals surface area contributed by atoms with Gasteiger partial charge >= 0.3 is 0 Å². The van der Waals surface area contributed by atoms with E-state index in [1.165, 1.54) is 0 Å². The first kappa shape index (κ1) is 14.9. The van der Waals surface area contributed by atoms with Crippen molar-refractivity contribution >= 4 is 0 Å². The molecule has 0 heterocycles. The Balaban J connectivity index is 1.88. The highest BCUT2D eigenvalue weighted by Gasteiger charge is 2.08. The maximum Gasteiger partial charge on any atom is 0.120 e. The average Bonchev–Trinajstić information content (AvgIpc) is 2.61. The second kappa shape index (κ2) is 6.81. The van der Waals surface area contributed by atoms with Crippen molar-refractivity contribution in [3.05, 3.63) is 89.5 Å². The summed E-state index contributed by atoms with van der Waals surface area (Å²) in [5.41, 5.74) is 4.88.